The van der Waals surface area contributed by atoms with Crippen LogP contribution >= 0.6 is 0 Å². The molecule has 1 atom stereocenters. The Labute approximate surface area is 154 Å². The first-order valence-electron chi connectivity index (χ1n) is 8.72. The summed E-state index contributed by atoms with van der Waals surface area (Å²) in [6.07, 6.45) is 0.735. The van der Waals surface area contributed by atoms with Crippen molar-refractivity contribution in [2.75, 3.05) is 13.7 Å². The van der Waals surface area contributed by atoms with Crippen molar-refractivity contribution in [3.63, 3.8) is 0 Å². The van der Waals surface area contributed by atoms with Crippen LogP contribution in [0.2, 0.25) is 0 Å². The number of hydrogen-bond acceptors (Lipinski definition) is 4. The van der Waals surface area contributed by atoms with E-state index in [-0.39, 0.29) is 18.3 Å². The molecule has 1 amide bonds. The molecule has 2 aromatic carbocycles. The average molecular weight is 355 g/mol. The highest BCUT2D eigenvalue weighted by atomic mass is 16.5. The lowest BCUT2D eigenvalue weighted by molar-refractivity contribution is -0.154. The van der Waals surface area contributed by atoms with Gasteiger partial charge in [-0.15, -0.1) is 0 Å². The monoisotopic (exact) mass is 355 g/mol. The van der Waals surface area contributed by atoms with Gasteiger partial charge in [0.05, 0.1) is 7.11 Å². The fourth-order valence-electron chi connectivity index (χ4n) is 2.47. The van der Waals surface area contributed by atoms with Gasteiger partial charge in [0, 0.05) is 13.0 Å². The Kier molecular flexibility index (Phi) is 7.68. The second-order valence-electron chi connectivity index (χ2n) is 6.01. The van der Waals surface area contributed by atoms with Crippen LogP contribution < -0.4 is 10.1 Å². The summed E-state index contributed by atoms with van der Waals surface area (Å²) in [7, 11) is 1.61. The number of benzene rings is 2. The smallest absolute Gasteiger partial charge is 0.306 e. The minimum Gasteiger partial charge on any atom is -0.497 e. The summed E-state index contributed by atoms with van der Waals surface area (Å²) >= 11 is 0. The maximum Gasteiger partial charge on any atom is 0.306 e. The molecule has 26 heavy (non-hydrogen) atoms. The van der Waals surface area contributed by atoms with E-state index in [2.05, 4.69) is 5.32 Å². The van der Waals surface area contributed by atoms with Gasteiger partial charge in [0.25, 0.3) is 5.91 Å². The van der Waals surface area contributed by atoms with Crippen LogP contribution in [0.3, 0.4) is 0 Å². The van der Waals surface area contributed by atoms with Crippen LogP contribution in [0, 0.1) is 0 Å². The van der Waals surface area contributed by atoms with Crippen molar-refractivity contribution in [3.8, 4) is 5.75 Å². The molecule has 0 aliphatic carbocycles. The molecule has 0 fully saturated rings. The fraction of sp³-hybridized carbons (Fsp3) is 0.333. The zero-order chi connectivity index (χ0) is 18.8. The van der Waals surface area contributed by atoms with Crippen molar-refractivity contribution in [2.45, 2.75) is 32.3 Å². The largest absolute Gasteiger partial charge is 0.497 e. The van der Waals surface area contributed by atoms with Crippen LogP contribution in [0.15, 0.2) is 54.6 Å². The molecule has 0 saturated carbocycles. The maximum absolute atomic E-state index is 12.0. The Morgan fingerprint density at radius 2 is 1.62 bits per heavy atom. The van der Waals surface area contributed by atoms with Crippen LogP contribution in [0.4, 0.5) is 0 Å². The lowest BCUT2D eigenvalue weighted by Crippen LogP contribution is -2.36. The van der Waals surface area contributed by atoms with Gasteiger partial charge in [0.2, 0.25) is 0 Å². The highest BCUT2D eigenvalue weighted by Gasteiger charge is 2.17. The van der Waals surface area contributed by atoms with Gasteiger partial charge in [0.15, 0.2) is 6.10 Å². The van der Waals surface area contributed by atoms with Gasteiger partial charge in [0.1, 0.15) is 5.75 Å². The van der Waals surface area contributed by atoms with E-state index in [1.54, 1.807) is 14.0 Å². The number of methoxy groups -OCH3 is 1. The quantitative estimate of drug-likeness (QED) is 0.703. The highest BCUT2D eigenvalue weighted by Crippen LogP contribution is 2.13. The van der Waals surface area contributed by atoms with Crippen molar-refractivity contribution in [1.82, 2.24) is 5.32 Å². The zero-order valence-corrected chi connectivity index (χ0v) is 15.2. The van der Waals surface area contributed by atoms with Gasteiger partial charge in [-0.3, -0.25) is 9.59 Å². The summed E-state index contributed by atoms with van der Waals surface area (Å²) in [5.41, 5.74) is 2.17. The van der Waals surface area contributed by atoms with Gasteiger partial charge in [-0.1, -0.05) is 42.5 Å². The standard InChI is InChI=1S/C21H25NO4/c1-16(21(24)22-15-14-17-6-4-3-5-7-17)26-20(23)13-10-18-8-11-19(25-2)12-9-18/h3-9,11-12,16H,10,13-15H2,1-2H3,(H,22,24)/t16-/m0/s1. The van der Waals surface area contributed by atoms with Crippen LogP contribution in [0.25, 0.3) is 0 Å². The second kappa shape index (κ2) is 10.2. The molecule has 0 radical (unpaired) electrons. The first-order chi connectivity index (χ1) is 12.6. The highest BCUT2D eigenvalue weighted by molar-refractivity contribution is 5.83. The van der Waals surface area contributed by atoms with E-state index in [9.17, 15) is 9.59 Å². The van der Waals surface area contributed by atoms with Crippen LogP contribution in [0.5, 0.6) is 5.75 Å². The number of ether oxygens (including phenoxy) is 2. The normalized spacial score (nSPS) is 11.5. The summed E-state index contributed by atoms with van der Waals surface area (Å²) in [6, 6.07) is 17.4. The minimum atomic E-state index is -0.797. The number of nitrogens with one attached hydrogen (secondary N) is 1. The van der Waals surface area contributed by atoms with Gasteiger partial charge in [-0.25, -0.2) is 0 Å². The zero-order valence-electron chi connectivity index (χ0n) is 15.2. The predicted molar refractivity (Wildman–Crippen MR) is 100 cm³/mol. The van der Waals surface area contributed by atoms with E-state index in [0.29, 0.717) is 13.0 Å². The third-order valence-electron chi connectivity index (χ3n) is 4.01. The van der Waals surface area contributed by atoms with Gasteiger partial charge in [-0.2, -0.15) is 0 Å². The molecule has 1 N–H and O–H groups in total. The third-order valence-corrected chi connectivity index (χ3v) is 4.01. The van der Waals surface area contributed by atoms with Crippen molar-refractivity contribution >= 4 is 11.9 Å². The molecule has 0 spiro atoms. The summed E-state index contributed by atoms with van der Waals surface area (Å²) in [4.78, 5) is 23.9. The summed E-state index contributed by atoms with van der Waals surface area (Å²) in [6.45, 7) is 2.10. The van der Waals surface area contributed by atoms with Crippen molar-refractivity contribution in [2.24, 2.45) is 0 Å². The predicted octanol–water partition coefficient (Wildman–Crippen LogP) is 2.92. The molecule has 5 nitrogen and oxygen atoms in total. The molecule has 0 aliphatic heterocycles. The van der Waals surface area contributed by atoms with E-state index in [1.807, 2.05) is 54.6 Å². The Balaban J connectivity index is 1.67. The van der Waals surface area contributed by atoms with E-state index < -0.39 is 6.10 Å². The molecule has 0 heterocycles. The molecule has 2 aromatic rings. The topological polar surface area (TPSA) is 64.6 Å². The molecular weight excluding hydrogens is 330 g/mol. The molecule has 0 aliphatic rings. The molecule has 0 unspecified atom stereocenters. The number of esters is 1. The SMILES string of the molecule is COc1ccc(CCC(=O)O[C@@H](C)C(=O)NCCc2ccccc2)cc1. The summed E-state index contributed by atoms with van der Waals surface area (Å²) < 4.78 is 10.3. The lowest BCUT2D eigenvalue weighted by atomic mass is 10.1. The summed E-state index contributed by atoms with van der Waals surface area (Å²) in [5.74, 6) is 0.113. The number of hydrogen-bond donors (Lipinski definition) is 1. The second-order valence-corrected chi connectivity index (χ2v) is 6.01. The first-order valence-corrected chi connectivity index (χ1v) is 8.72. The molecule has 0 saturated heterocycles. The molecule has 138 valence electrons. The Morgan fingerprint density at radius 3 is 2.27 bits per heavy atom. The fourth-order valence-corrected chi connectivity index (χ4v) is 2.47. The molecular formula is C21H25NO4. The minimum absolute atomic E-state index is 0.230. The van der Waals surface area contributed by atoms with E-state index in [1.165, 1.54) is 0 Å². The Hall–Kier alpha value is -2.82. The van der Waals surface area contributed by atoms with Gasteiger partial charge >= 0.3 is 5.97 Å². The third kappa shape index (κ3) is 6.59. The molecule has 0 bridgehead atoms. The van der Waals surface area contributed by atoms with Crippen LogP contribution in [-0.2, 0) is 27.2 Å². The number of aryl methyl sites for hydroxylation is 1. The molecule has 2 rings (SSSR count). The lowest BCUT2D eigenvalue weighted by Gasteiger charge is -2.13. The molecule has 0 aromatic heterocycles. The van der Waals surface area contributed by atoms with Crippen molar-refractivity contribution in [1.29, 1.82) is 0 Å². The number of carbonyl (C=O) groups excluding carboxylic acids is 2. The number of rotatable bonds is 9. The average Bonchev–Trinajstić information content (AvgIpc) is 2.67. The molecule has 5 heteroatoms. The Bertz CT molecular complexity index is 698. The van der Waals surface area contributed by atoms with Crippen LogP contribution in [-0.4, -0.2) is 31.6 Å². The maximum atomic E-state index is 12.0. The summed E-state index contributed by atoms with van der Waals surface area (Å²) in [5, 5.41) is 2.79. The van der Waals surface area contributed by atoms with E-state index >= 15 is 0 Å². The Morgan fingerprint density at radius 1 is 0.962 bits per heavy atom. The first kappa shape index (κ1) is 19.5. The number of carbonyl (C=O) groups is 2. The number of amides is 1. The van der Waals surface area contributed by atoms with Crippen LogP contribution in [0.1, 0.15) is 24.5 Å². The van der Waals surface area contributed by atoms with Crippen molar-refractivity contribution in [3.05, 3.63) is 65.7 Å². The van der Waals surface area contributed by atoms with Crippen molar-refractivity contribution < 1.29 is 19.1 Å². The van der Waals surface area contributed by atoms with Gasteiger partial charge < -0.3 is 14.8 Å². The van der Waals surface area contributed by atoms with E-state index in [4.69, 9.17) is 9.47 Å². The van der Waals surface area contributed by atoms with Gasteiger partial charge in [-0.05, 0) is 43.0 Å². The van der Waals surface area contributed by atoms with E-state index in [0.717, 1.165) is 23.3 Å².